The fraction of sp³-hybridized carbons (Fsp3) is 0.629. The second-order valence-corrected chi connectivity index (χ2v) is 13.4. The number of rotatable bonds is 8. The molecule has 0 aliphatic heterocycles. The molecule has 7 nitrogen and oxygen atoms in total. The third-order valence-electron chi connectivity index (χ3n) is 9.96. The second kappa shape index (κ2) is 12.7. The zero-order valence-electron chi connectivity index (χ0n) is 26.4. The van der Waals surface area contributed by atoms with E-state index >= 15 is 0 Å². The SMILES string of the molecule is C=C1C2[C@H](OC(C)=O)C3[C@@H](OC(=O)CCCc4ccccc4)CC(C)=C([C@@H](OC)CC2(C)CC[C@@H]1OC(C)=O)C3(C)C. The summed E-state index contributed by atoms with van der Waals surface area (Å²) < 4.78 is 24.5. The highest BCUT2D eigenvalue weighted by Crippen LogP contribution is 2.60. The van der Waals surface area contributed by atoms with Gasteiger partial charge in [-0.25, -0.2) is 0 Å². The summed E-state index contributed by atoms with van der Waals surface area (Å²) in [4.78, 5) is 38.1. The Bertz CT molecular complexity index is 1210. The van der Waals surface area contributed by atoms with Crippen molar-refractivity contribution in [2.45, 2.75) is 111 Å². The molecule has 2 bridgehead atoms. The van der Waals surface area contributed by atoms with Crippen LogP contribution in [0.3, 0.4) is 0 Å². The Morgan fingerprint density at radius 2 is 1.64 bits per heavy atom. The lowest BCUT2D eigenvalue weighted by Gasteiger charge is -2.59. The number of carbonyl (C=O) groups is 3. The molecule has 0 saturated heterocycles. The van der Waals surface area contributed by atoms with E-state index < -0.39 is 29.7 Å². The Morgan fingerprint density at radius 1 is 0.976 bits per heavy atom. The lowest BCUT2D eigenvalue weighted by molar-refractivity contribution is -0.185. The van der Waals surface area contributed by atoms with E-state index in [0.717, 1.165) is 24.0 Å². The molecular weight excluding hydrogens is 532 g/mol. The van der Waals surface area contributed by atoms with Crippen LogP contribution in [0, 0.1) is 22.7 Å². The maximum atomic E-state index is 13.3. The molecule has 3 aliphatic carbocycles. The van der Waals surface area contributed by atoms with E-state index in [1.54, 1.807) is 7.11 Å². The van der Waals surface area contributed by atoms with E-state index in [0.29, 0.717) is 32.1 Å². The van der Waals surface area contributed by atoms with E-state index in [2.05, 4.69) is 46.4 Å². The molecule has 7 atom stereocenters. The molecule has 0 N–H and O–H groups in total. The molecule has 1 aromatic rings. The molecule has 42 heavy (non-hydrogen) atoms. The van der Waals surface area contributed by atoms with Crippen LogP contribution < -0.4 is 0 Å². The van der Waals surface area contributed by atoms with Gasteiger partial charge in [-0.2, -0.15) is 0 Å². The maximum Gasteiger partial charge on any atom is 0.306 e. The molecule has 0 amide bonds. The first kappa shape index (κ1) is 32.0. The highest BCUT2D eigenvalue weighted by atomic mass is 16.6. The second-order valence-electron chi connectivity index (χ2n) is 13.4. The zero-order chi connectivity index (χ0) is 30.8. The highest BCUT2D eigenvalue weighted by molar-refractivity contribution is 5.70. The fourth-order valence-electron chi connectivity index (χ4n) is 8.36. The van der Waals surface area contributed by atoms with Crippen LogP contribution >= 0.6 is 0 Å². The largest absolute Gasteiger partial charge is 0.462 e. The van der Waals surface area contributed by atoms with Gasteiger partial charge in [0, 0.05) is 45.6 Å². The van der Waals surface area contributed by atoms with Crippen molar-refractivity contribution >= 4 is 17.9 Å². The summed E-state index contributed by atoms with van der Waals surface area (Å²) in [6.07, 6.45) is 2.66. The van der Waals surface area contributed by atoms with Crippen LogP contribution in [-0.2, 0) is 39.8 Å². The fourth-order valence-corrected chi connectivity index (χ4v) is 8.36. The van der Waals surface area contributed by atoms with E-state index in [1.165, 1.54) is 25.0 Å². The molecule has 2 fully saturated rings. The quantitative estimate of drug-likeness (QED) is 0.196. The number of fused-ring (bicyclic) bond motifs is 3. The Hall–Kier alpha value is -2.93. The predicted octanol–water partition coefficient (Wildman–Crippen LogP) is 6.54. The van der Waals surface area contributed by atoms with Crippen LogP contribution in [0.5, 0.6) is 0 Å². The first-order valence-corrected chi connectivity index (χ1v) is 15.3. The Balaban J connectivity index is 1.73. The van der Waals surface area contributed by atoms with Gasteiger partial charge in [0.15, 0.2) is 0 Å². The van der Waals surface area contributed by atoms with Crippen molar-refractivity contribution in [1.82, 2.24) is 0 Å². The zero-order valence-corrected chi connectivity index (χ0v) is 26.4. The van der Waals surface area contributed by atoms with Crippen LogP contribution in [0.4, 0.5) is 0 Å². The molecule has 0 aromatic heterocycles. The summed E-state index contributed by atoms with van der Waals surface area (Å²) in [5.41, 5.74) is 3.41. The highest BCUT2D eigenvalue weighted by Gasteiger charge is 2.61. The molecule has 0 radical (unpaired) electrons. The van der Waals surface area contributed by atoms with Crippen LogP contribution in [0.15, 0.2) is 53.6 Å². The van der Waals surface area contributed by atoms with Crippen LogP contribution in [0.25, 0.3) is 0 Å². The standard InChI is InChI=1S/C35H48O7/c1-21-19-27(42-29(38)16-12-15-25-13-10-9-11-14-25)32-33(41-24(4)37)31-22(2)26(40-23(3)36)17-18-35(31,7)20-28(39-8)30(21)34(32,5)6/h9-11,13-14,26-28,31-33H,2,12,15-20H2,1,3-8H3/t26-,27-,28-,31?,32?,33-,35?/m0/s1. The molecule has 4 rings (SSSR count). The third-order valence-corrected chi connectivity index (χ3v) is 9.96. The predicted molar refractivity (Wildman–Crippen MR) is 160 cm³/mol. The van der Waals surface area contributed by atoms with Crippen molar-refractivity contribution in [3.05, 3.63) is 59.2 Å². The average Bonchev–Trinajstić information content (AvgIpc) is 2.89. The van der Waals surface area contributed by atoms with Gasteiger partial charge in [0.1, 0.15) is 18.3 Å². The van der Waals surface area contributed by atoms with Gasteiger partial charge in [0.05, 0.1) is 6.10 Å². The van der Waals surface area contributed by atoms with Gasteiger partial charge in [-0.1, -0.05) is 63.3 Å². The monoisotopic (exact) mass is 580 g/mol. The van der Waals surface area contributed by atoms with Gasteiger partial charge in [0.25, 0.3) is 0 Å². The number of aryl methyl sites for hydroxylation is 1. The molecule has 0 spiro atoms. The first-order chi connectivity index (χ1) is 19.8. The minimum Gasteiger partial charge on any atom is -0.462 e. The Kier molecular flexibility index (Phi) is 9.71. The Labute approximate surface area is 251 Å². The first-order valence-electron chi connectivity index (χ1n) is 15.3. The van der Waals surface area contributed by atoms with Crippen molar-refractivity contribution in [3.63, 3.8) is 0 Å². The summed E-state index contributed by atoms with van der Waals surface area (Å²) in [7, 11) is 1.75. The lowest BCUT2D eigenvalue weighted by atomic mass is 9.50. The smallest absolute Gasteiger partial charge is 0.306 e. The number of ether oxygens (including phenoxy) is 4. The van der Waals surface area contributed by atoms with Crippen molar-refractivity contribution in [3.8, 4) is 0 Å². The number of benzene rings is 1. The summed E-state index contributed by atoms with van der Waals surface area (Å²) in [6, 6.07) is 10.1. The van der Waals surface area contributed by atoms with Gasteiger partial charge < -0.3 is 18.9 Å². The number of hydrogen-bond acceptors (Lipinski definition) is 7. The Morgan fingerprint density at radius 3 is 2.26 bits per heavy atom. The van der Waals surface area contributed by atoms with Crippen molar-refractivity contribution in [2.75, 3.05) is 7.11 Å². The summed E-state index contributed by atoms with van der Waals surface area (Å²) >= 11 is 0. The molecule has 0 heterocycles. The van der Waals surface area contributed by atoms with Gasteiger partial charge in [-0.15, -0.1) is 0 Å². The van der Waals surface area contributed by atoms with Gasteiger partial charge in [0.2, 0.25) is 0 Å². The number of hydrogen-bond donors (Lipinski definition) is 0. The maximum absolute atomic E-state index is 13.3. The van der Waals surface area contributed by atoms with Gasteiger partial charge in [-0.05, 0) is 66.6 Å². The summed E-state index contributed by atoms with van der Waals surface area (Å²) in [6.45, 7) is 15.9. The van der Waals surface area contributed by atoms with Crippen LogP contribution in [-0.4, -0.2) is 49.4 Å². The molecule has 230 valence electrons. The van der Waals surface area contributed by atoms with Gasteiger partial charge in [-0.3, -0.25) is 14.4 Å². The molecule has 1 aromatic carbocycles. The lowest BCUT2D eigenvalue weighted by Crippen LogP contribution is -2.60. The molecule has 3 aliphatic rings. The topological polar surface area (TPSA) is 88.1 Å². The van der Waals surface area contributed by atoms with Crippen molar-refractivity contribution < 1.29 is 33.3 Å². The molecule has 7 heteroatoms. The van der Waals surface area contributed by atoms with E-state index in [9.17, 15) is 14.4 Å². The molecule has 3 unspecified atom stereocenters. The summed E-state index contributed by atoms with van der Waals surface area (Å²) in [5.74, 6) is -1.69. The number of esters is 3. The summed E-state index contributed by atoms with van der Waals surface area (Å²) in [5, 5.41) is 0. The van der Waals surface area contributed by atoms with E-state index in [1.807, 2.05) is 18.2 Å². The normalized spacial score (nSPS) is 32.2. The molecule has 2 saturated carbocycles. The van der Waals surface area contributed by atoms with Crippen LogP contribution in [0.2, 0.25) is 0 Å². The van der Waals surface area contributed by atoms with Crippen LogP contribution in [0.1, 0.15) is 85.6 Å². The van der Waals surface area contributed by atoms with Crippen molar-refractivity contribution in [1.29, 1.82) is 0 Å². The minimum atomic E-state index is -0.628. The van der Waals surface area contributed by atoms with Gasteiger partial charge >= 0.3 is 17.9 Å². The van der Waals surface area contributed by atoms with E-state index in [-0.39, 0.29) is 35.3 Å². The van der Waals surface area contributed by atoms with Crippen molar-refractivity contribution in [2.24, 2.45) is 22.7 Å². The minimum absolute atomic E-state index is 0.158. The number of carbonyl (C=O) groups excluding carboxylic acids is 3. The average molecular weight is 581 g/mol. The molecular formula is C35H48O7. The van der Waals surface area contributed by atoms with E-state index in [4.69, 9.17) is 18.9 Å². The third kappa shape index (κ3) is 6.51. The number of methoxy groups -OCH3 is 1.